The Morgan fingerprint density at radius 1 is 1.24 bits per heavy atom. The predicted molar refractivity (Wildman–Crippen MR) is 67.3 cm³/mol. The average molecular weight is 237 g/mol. The van der Waals surface area contributed by atoms with Gasteiger partial charge in [0.25, 0.3) is 0 Å². The van der Waals surface area contributed by atoms with E-state index < -0.39 is 0 Å². The van der Waals surface area contributed by atoms with Crippen molar-refractivity contribution in [2.24, 2.45) is 5.73 Å². The van der Waals surface area contributed by atoms with Crippen LogP contribution in [0.3, 0.4) is 0 Å². The molecular weight excluding hydrogens is 217 g/mol. The largest absolute Gasteiger partial charge is 0.324 e. The first-order valence-corrected chi connectivity index (χ1v) is 6.20. The van der Waals surface area contributed by atoms with E-state index in [1.165, 1.54) is 12.1 Å². The molecular formula is C13H20FN3. The molecule has 0 saturated carbocycles. The summed E-state index contributed by atoms with van der Waals surface area (Å²) in [4.78, 5) is 2.42. The van der Waals surface area contributed by atoms with Gasteiger partial charge in [-0.25, -0.2) is 4.39 Å². The number of nitrogens with two attached hydrogens (primary N) is 1. The minimum absolute atomic E-state index is 0.00508. The van der Waals surface area contributed by atoms with Gasteiger partial charge in [-0.3, -0.25) is 0 Å². The molecule has 1 fully saturated rings. The molecule has 1 aliphatic rings. The lowest BCUT2D eigenvalue weighted by Crippen LogP contribution is -2.44. The molecule has 1 unspecified atom stereocenters. The van der Waals surface area contributed by atoms with Gasteiger partial charge in [-0.15, -0.1) is 0 Å². The minimum atomic E-state index is -0.206. The quantitative estimate of drug-likeness (QED) is 0.824. The van der Waals surface area contributed by atoms with Crippen LogP contribution in [0, 0.1) is 5.82 Å². The van der Waals surface area contributed by atoms with Crippen molar-refractivity contribution < 1.29 is 4.39 Å². The Kier molecular flexibility index (Phi) is 4.48. The second kappa shape index (κ2) is 6.10. The van der Waals surface area contributed by atoms with Crippen LogP contribution in [-0.2, 0) is 0 Å². The lowest BCUT2D eigenvalue weighted by atomic mass is 10.0. The highest BCUT2D eigenvalue weighted by Crippen LogP contribution is 2.15. The first-order valence-electron chi connectivity index (χ1n) is 6.20. The highest BCUT2D eigenvalue weighted by Gasteiger charge is 2.12. The van der Waals surface area contributed by atoms with Gasteiger partial charge in [-0.05, 0) is 24.1 Å². The minimum Gasteiger partial charge on any atom is -0.324 e. The molecule has 1 aromatic carbocycles. The molecule has 0 radical (unpaired) electrons. The topological polar surface area (TPSA) is 41.3 Å². The van der Waals surface area contributed by atoms with E-state index in [-0.39, 0.29) is 11.9 Å². The number of nitrogens with one attached hydrogen (secondary N) is 1. The second-order valence-corrected chi connectivity index (χ2v) is 4.54. The standard InChI is InChI=1S/C13H20FN3/c14-12-3-1-11(2-4-12)13(15)5-8-17-9-6-16-7-10-17/h1-4,13,16H,5-10,15H2. The van der Waals surface area contributed by atoms with Gasteiger partial charge in [-0.2, -0.15) is 0 Å². The van der Waals surface area contributed by atoms with Crippen LogP contribution < -0.4 is 11.1 Å². The molecule has 1 heterocycles. The Morgan fingerprint density at radius 3 is 2.53 bits per heavy atom. The van der Waals surface area contributed by atoms with Crippen LogP contribution >= 0.6 is 0 Å². The van der Waals surface area contributed by atoms with Crippen molar-refractivity contribution in [3.63, 3.8) is 0 Å². The van der Waals surface area contributed by atoms with E-state index >= 15 is 0 Å². The van der Waals surface area contributed by atoms with Crippen LogP contribution in [0.4, 0.5) is 4.39 Å². The summed E-state index contributed by atoms with van der Waals surface area (Å²) in [6.07, 6.45) is 0.922. The van der Waals surface area contributed by atoms with Crippen molar-refractivity contribution in [1.82, 2.24) is 10.2 Å². The molecule has 0 bridgehead atoms. The molecule has 17 heavy (non-hydrogen) atoms. The van der Waals surface area contributed by atoms with Crippen molar-refractivity contribution >= 4 is 0 Å². The molecule has 4 heteroatoms. The van der Waals surface area contributed by atoms with Crippen molar-refractivity contribution in [3.8, 4) is 0 Å². The van der Waals surface area contributed by atoms with Crippen LogP contribution in [0.15, 0.2) is 24.3 Å². The summed E-state index contributed by atoms with van der Waals surface area (Å²) in [5.74, 6) is -0.206. The molecule has 0 amide bonds. The third kappa shape index (κ3) is 3.77. The average Bonchev–Trinajstić information content (AvgIpc) is 2.38. The van der Waals surface area contributed by atoms with Gasteiger partial charge in [0.1, 0.15) is 5.82 Å². The van der Waals surface area contributed by atoms with Crippen LogP contribution in [-0.4, -0.2) is 37.6 Å². The Labute approximate surface area is 102 Å². The van der Waals surface area contributed by atoms with Crippen LogP contribution in [0.5, 0.6) is 0 Å². The molecule has 3 N–H and O–H groups in total. The summed E-state index contributed by atoms with van der Waals surface area (Å²) in [5.41, 5.74) is 7.11. The SMILES string of the molecule is NC(CCN1CCNCC1)c1ccc(F)cc1. The maximum absolute atomic E-state index is 12.8. The van der Waals surface area contributed by atoms with Gasteiger partial charge >= 0.3 is 0 Å². The summed E-state index contributed by atoms with van der Waals surface area (Å²) in [7, 11) is 0. The van der Waals surface area contributed by atoms with E-state index in [1.54, 1.807) is 12.1 Å². The summed E-state index contributed by atoms with van der Waals surface area (Å²) in [6, 6.07) is 6.50. The molecule has 1 aromatic rings. The summed E-state index contributed by atoms with van der Waals surface area (Å²) in [5, 5.41) is 3.33. The van der Waals surface area contributed by atoms with E-state index in [9.17, 15) is 4.39 Å². The molecule has 94 valence electrons. The highest BCUT2D eigenvalue weighted by molar-refractivity contribution is 5.19. The van der Waals surface area contributed by atoms with Crippen molar-refractivity contribution in [1.29, 1.82) is 0 Å². The van der Waals surface area contributed by atoms with Crippen LogP contribution in [0.25, 0.3) is 0 Å². The molecule has 1 aliphatic heterocycles. The van der Waals surface area contributed by atoms with E-state index in [1.807, 2.05) is 0 Å². The molecule has 3 nitrogen and oxygen atoms in total. The van der Waals surface area contributed by atoms with Gasteiger partial charge in [0.05, 0.1) is 0 Å². The summed E-state index contributed by atoms with van der Waals surface area (Å²) in [6.45, 7) is 5.32. The normalized spacial score (nSPS) is 19.2. The van der Waals surface area contributed by atoms with Crippen LogP contribution in [0.1, 0.15) is 18.0 Å². The Bertz CT molecular complexity index is 333. The van der Waals surface area contributed by atoms with E-state index in [2.05, 4.69) is 10.2 Å². The van der Waals surface area contributed by atoms with E-state index in [0.717, 1.165) is 44.7 Å². The molecule has 1 atom stereocenters. The number of nitrogens with zero attached hydrogens (tertiary/aromatic N) is 1. The number of hydrogen-bond donors (Lipinski definition) is 2. The fraction of sp³-hybridized carbons (Fsp3) is 0.538. The van der Waals surface area contributed by atoms with E-state index in [0.29, 0.717) is 0 Å². The number of hydrogen-bond acceptors (Lipinski definition) is 3. The van der Waals surface area contributed by atoms with Crippen molar-refractivity contribution in [2.45, 2.75) is 12.5 Å². The van der Waals surface area contributed by atoms with Crippen molar-refractivity contribution in [2.75, 3.05) is 32.7 Å². The summed E-state index contributed by atoms with van der Waals surface area (Å²) < 4.78 is 12.8. The maximum Gasteiger partial charge on any atom is 0.123 e. The Morgan fingerprint density at radius 2 is 1.88 bits per heavy atom. The highest BCUT2D eigenvalue weighted by atomic mass is 19.1. The zero-order valence-electron chi connectivity index (χ0n) is 10.0. The maximum atomic E-state index is 12.8. The molecule has 0 spiro atoms. The smallest absolute Gasteiger partial charge is 0.123 e. The van der Waals surface area contributed by atoms with Crippen LogP contribution in [0.2, 0.25) is 0 Å². The molecule has 0 aliphatic carbocycles. The van der Waals surface area contributed by atoms with Gasteiger partial charge < -0.3 is 16.0 Å². The molecule has 2 rings (SSSR count). The number of halogens is 1. The van der Waals surface area contributed by atoms with Crippen molar-refractivity contribution in [3.05, 3.63) is 35.6 Å². The predicted octanol–water partition coefficient (Wildman–Crippen LogP) is 1.12. The second-order valence-electron chi connectivity index (χ2n) is 4.54. The lowest BCUT2D eigenvalue weighted by molar-refractivity contribution is 0.233. The lowest BCUT2D eigenvalue weighted by Gasteiger charge is -2.28. The first-order chi connectivity index (χ1) is 8.25. The Hall–Kier alpha value is -0.970. The third-order valence-electron chi connectivity index (χ3n) is 3.26. The number of rotatable bonds is 4. The summed E-state index contributed by atoms with van der Waals surface area (Å²) >= 11 is 0. The third-order valence-corrected chi connectivity index (χ3v) is 3.26. The zero-order chi connectivity index (χ0) is 12.1. The fourth-order valence-corrected chi connectivity index (χ4v) is 2.13. The van der Waals surface area contributed by atoms with Gasteiger partial charge in [0.2, 0.25) is 0 Å². The molecule has 1 saturated heterocycles. The number of benzene rings is 1. The molecule has 0 aromatic heterocycles. The Balaban J connectivity index is 1.80. The first kappa shape index (κ1) is 12.5. The van der Waals surface area contributed by atoms with Gasteiger partial charge in [0.15, 0.2) is 0 Å². The monoisotopic (exact) mass is 237 g/mol. The van der Waals surface area contributed by atoms with E-state index in [4.69, 9.17) is 5.73 Å². The van der Waals surface area contributed by atoms with Gasteiger partial charge in [-0.1, -0.05) is 12.1 Å². The number of piperazine rings is 1. The van der Waals surface area contributed by atoms with Gasteiger partial charge in [0, 0.05) is 38.8 Å². The zero-order valence-corrected chi connectivity index (χ0v) is 10.0. The fourth-order valence-electron chi connectivity index (χ4n) is 2.13.